The molecule has 5 aromatic rings. The highest BCUT2D eigenvalue weighted by atomic mass is 16.6. The van der Waals surface area contributed by atoms with E-state index in [2.05, 4.69) is 0 Å². The Labute approximate surface area is 194 Å². The van der Waals surface area contributed by atoms with Gasteiger partial charge in [0.25, 0.3) is 11.6 Å². The Morgan fingerprint density at radius 3 is 1.85 bits per heavy atom. The number of hydrogen-bond donors (Lipinski definition) is 0. The predicted molar refractivity (Wildman–Crippen MR) is 130 cm³/mol. The lowest BCUT2D eigenvalue weighted by Gasteiger charge is -2.12. The molecule has 0 unspecified atom stereocenters. The Hall–Kier alpha value is -4.84. The first-order valence-corrected chi connectivity index (χ1v) is 10.6. The lowest BCUT2D eigenvalue weighted by molar-refractivity contribution is -0.384. The summed E-state index contributed by atoms with van der Waals surface area (Å²) >= 11 is 0. The van der Waals surface area contributed by atoms with Crippen LogP contribution in [0.3, 0.4) is 0 Å². The van der Waals surface area contributed by atoms with Crippen LogP contribution in [0.4, 0.5) is 5.69 Å². The fraction of sp³-hybridized carbons (Fsp3) is 0. The van der Waals surface area contributed by atoms with Crippen LogP contribution in [0.1, 0.15) is 26.3 Å². The van der Waals surface area contributed by atoms with Gasteiger partial charge in [-0.25, -0.2) is 0 Å². The molecule has 0 radical (unpaired) electrons. The van der Waals surface area contributed by atoms with Gasteiger partial charge in [0, 0.05) is 28.6 Å². The molecule has 6 heteroatoms. The SMILES string of the molecule is O=C(c1ccccc1)c1c(-c2ccccc2)n(C(=O)c2ccccc2)c2cc([N+](=O)[O-])ccc12. The molecule has 0 spiro atoms. The molecule has 1 aromatic heterocycles. The van der Waals surface area contributed by atoms with Crippen molar-refractivity contribution in [2.24, 2.45) is 0 Å². The standard InChI is InChI=1S/C28H18N2O4/c31-27(20-12-6-2-7-13-20)25-23-17-16-22(30(33)34)18-24(23)29(26(25)19-10-4-1-5-11-19)28(32)21-14-8-3-9-15-21/h1-18H. The van der Waals surface area contributed by atoms with E-state index in [9.17, 15) is 19.7 Å². The number of fused-ring (bicyclic) bond motifs is 1. The molecule has 164 valence electrons. The molecule has 0 aliphatic heterocycles. The molecule has 0 aliphatic rings. The second-order valence-electron chi connectivity index (χ2n) is 7.75. The number of aromatic nitrogens is 1. The van der Waals surface area contributed by atoms with Gasteiger partial charge in [-0.1, -0.05) is 78.9 Å². The lowest BCUT2D eigenvalue weighted by Crippen LogP contribution is -2.14. The number of rotatable bonds is 5. The zero-order valence-electron chi connectivity index (χ0n) is 17.9. The number of nitrogens with zero attached hydrogens (tertiary/aromatic N) is 2. The maximum Gasteiger partial charge on any atom is 0.271 e. The molecule has 0 atom stereocenters. The number of nitro groups is 1. The van der Waals surface area contributed by atoms with E-state index < -0.39 is 4.92 Å². The van der Waals surface area contributed by atoms with Crippen molar-refractivity contribution >= 4 is 28.3 Å². The molecule has 0 amide bonds. The molecule has 0 N–H and O–H groups in total. The van der Waals surface area contributed by atoms with Crippen molar-refractivity contribution in [3.63, 3.8) is 0 Å². The average Bonchev–Trinajstić information content (AvgIpc) is 3.23. The summed E-state index contributed by atoms with van der Waals surface area (Å²) in [6.45, 7) is 0. The van der Waals surface area contributed by atoms with E-state index in [1.54, 1.807) is 60.7 Å². The van der Waals surface area contributed by atoms with E-state index in [4.69, 9.17) is 0 Å². The van der Waals surface area contributed by atoms with E-state index in [1.807, 2.05) is 36.4 Å². The summed E-state index contributed by atoms with van der Waals surface area (Å²) in [6.07, 6.45) is 0. The van der Waals surface area contributed by atoms with Crippen LogP contribution in [0, 0.1) is 10.1 Å². The van der Waals surface area contributed by atoms with Gasteiger partial charge in [0.2, 0.25) is 0 Å². The predicted octanol–water partition coefficient (Wildman–Crippen LogP) is 6.14. The molecule has 1 heterocycles. The van der Waals surface area contributed by atoms with Gasteiger partial charge in [0.05, 0.1) is 21.7 Å². The van der Waals surface area contributed by atoms with Crippen LogP contribution in [0.15, 0.2) is 109 Å². The number of benzene rings is 4. The summed E-state index contributed by atoms with van der Waals surface area (Å²) in [4.78, 5) is 38.6. The van der Waals surface area contributed by atoms with Crippen LogP contribution in [0.25, 0.3) is 22.2 Å². The van der Waals surface area contributed by atoms with Crippen molar-refractivity contribution in [2.45, 2.75) is 0 Å². The minimum absolute atomic E-state index is 0.162. The Bertz CT molecular complexity index is 1540. The molecule has 6 nitrogen and oxygen atoms in total. The summed E-state index contributed by atoms with van der Waals surface area (Å²) in [7, 11) is 0. The molecule has 0 fully saturated rings. The third kappa shape index (κ3) is 3.57. The summed E-state index contributed by atoms with van der Waals surface area (Å²) < 4.78 is 1.42. The largest absolute Gasteiger partial charge is 0.289 e. The molecule has 5 rings (SSSR count). The lowest BCUT2D eigenvalue weighted by atomic mass is 9.97. The van der Waals surface area contributed by atoms with Crippen molar-refractivity contribution in [1.82, 2.24) is 4.57 Å². The fourth-order valence-corrected chi connectivity index (χ4v) is 4.14. The van der Waals surface area contributed by atoms with Crippen molar-refractivity contribution in [2.75, 3.05) is 0 Å². The van der Waals surface area contributed by atoms with Gasteiger partial charge in [-0.05, 0) is 23.8 Å². The minimum Gasteiger partial charge on any atom is -0.289 e. The molecule has 4 aromatic carbocycles. The van der Waals surface area contributed by atoms with E-state index in [1.165, 1.54) is 16.7 Å². The van der Waals surface area contributed by atoms with Gasteiger partial charge < -0.3 is 0 Å². The van der Waals surface area contributed by atoms with Gasteiger partial charge in [0.1, 0.15) is 0 Å². The smallest absolute Gasteiger partial charge is 0.271 e. The monoisotopic (exact) mass is 446 g/mol. The van der Waals surface area contributed by atoms with Crippen LogP contribution in [0.5, 0.6) is 0 Å². The maximum absolute atomic E-state index is 13.8. The summed E-state index contributed by atoms with van der Waals surface area (Å²) in [5.74, 6) is -0.644. The van der Waals surface area contributed by atoms with Crippen LogP contribution in [-0.2, 0) is 0 Å². The second kappa shape index (κ2) is 8.60. The Balaban J connectivity index is 1.91. The molecule has 0 saturated carbocycles. The number of nitro benzene ring substituents is 1. The highest BCUT2D eigenvalue weighted by Crippen LogP contribution is 2.37. The van der Waals surface area contributed by atoms with Crippen molar-refractivity contribution in [3.05, 3.63) is 136 Å². The first-order chi connectivity index (χ1) is 16.6. The van der Waals surface area contributed by atoms with E-state index in [0.29, 0.717) is 38.9 Å². The maximum atomic E-state index is 13.8. The van der Waals surface area contributed by atoms with Crippen molar-refractivity contribution in [1.29, 1.82) is 0 Å². The number of hydrogen-bond acceptors (Lipinski definition) is 4. The van der Waals surface area contributed by atoms with Gasteiger partial charge in [-0.3, -0.25) is 24.3 Å². The quantitative estimate of drug-likeness (QED) is 0.185. The molecule has 0 aliphatic carbocycles. The number of non-ortho nitro benzene ring substituents is 1. The van der Waals surface area contributed by atoms with Gasteiger partial charge in [-0.15, -0.1) is 0 Å². The van der Waals surface area contributed by atoms with E-state index in [-0.39, 0.29) is 17.4 Å². The van der Waals surface area contributed by atoms with Crippen LogP contribution < -0.4 is 0 Å². The third-order valence-corrected chi connectivity index (χ3v) is 5.70. The summed E-state index contributed by atoms with van der Waals surface area (Å²) in [6, 6.07) is 30.8. The highest BCUT2D eigenvalue weighted by Gasteiger charge is 2.29. The van der Waals surface area contributed by atoms with Crippen molar-refractivity contribution in [3.8, 4) is 11.3 Å². The molecular formula is C28H18N2O4. The van der Waals surface area contributed by atoms with Gasteiger partial charge in [0.15, 0.2) is 5.78 Å². The minimum atomic E-state index is -0.509. The van der Waals surface area contributed by atoms with Crippen LogP contribution >= 0.6 is 0 Å². The second-order valence-corrected chi connectivity index (χ2v) is 7.75. The summed E-state index contributed by atoms with van der Waals surface area (Å²) in [5.41, 5.74) is 2.40. The average molecular weight is 446 g/mol. The molecular weight excluding hydrogens is 428 g/mol. The van der Waals surface area contributed by atoms with Gasteiger partial charge in [-0.2, -0.15) is 0 Å². The number of carbonyl (C=O) groups excluding carboxylic acids is 2. The number of ketones is 1. The van der Waals surface area contributed by atoms with E-state index >= 15 is 0 Å². The highest BCUT2D eigenvalue weighted by molar-refractivity contribution is 6.23. The zero-order chi connectivity index (χ0) is 23.7. The zero-order valence-corrected chi connectivity index (χ0v) is 17.9. The summed E-state index contributed by atoms with van der Waals surface area (Å²) in [5, 5.41) is 12.0. The Morgan fingerprint density at radius 1 is 0.706 bits per heavy atom. The molecule has 0 saturated heterocycles. The third-order valence-electron chi connectivity index (χ3n) is 5.70. The normalized spacial score (nSPS) is 10.8. The fourth-order valence-electron chi connectivity index (χ4n) is 4.14. The molecule has 0 bridgehead atoms. The first kappa shape index (κ1) is 21.0. The van der Waals surface area contributed by atoms with Crippen LogP contribution in [0.2, 0.25) is 0 Å². The topological polar surface area (TPSA) is 82.2 Å². The first-order valence-electron chi connectivity index (χ1n) is 10.6. The van der Waals surface area contributed by atoms with Gasteiger partial charge >= 0.3 is 0 Å². The molecule has 34 heavy (non-hydrogen) atoms. The van der Waals surface area contributed by atoms with Crippen LogP contribution in [-0.4, -0.2) is 21.2 Å². The number of carbonyl (C=O) groups is 2. The van der Waals surface area contributed by atoms with E-state index in [0.717, 1.165) is 0 Å². The Kier molecular flexibility index (Phi) is 5.32. The van der Waals surface area contributed by atoms with Crippen molar-refractivity contribution < 1.29 is 14.5 Å². The Morgan fingerprint density at radius 2 is 1.26 bits per heavy atom.